The molecule has 0 aromatic heterocycles. The summed E-state index contributed by atoms with van der Waals surface area (Å²) in [6.07, 6.45) is 11.8. The molecule has 526 valence electrons. The van der Waals surface area contributed by atoms with E-state index in [9.17, 15) is 36.6 Å². The summed E-state index contributed by atoms with van der Waals surface area (Å²) in [6, 6.07) is 10.3. The van der Waals surface area contributed by atoms with Gasteiger partial charge >= 0.3 is 12.1 Å². The number of fused-ring (bicyclic) bond motifs is 10. The number of amides is 4. The highest BCUT2D eigenvalue weighted by Gasteiger charge is 2.69. The molecule has 10 rings (SSSR count). The normalized spacial score (nSPS) is 39.5. The average Bonchev–Trinajstić information content (AvgIpc) is 1.69. The second kappa shape index (κ2) is 28.0. The first-order valence-corrected chi connectivity index (χ1v) is 41.6. The van der Waals surface area contributed by atoms with E-state index in [2.05, 4.69) is 116 Å². The summed E-state index contributed by atoms with van der Waals surface area (Å²) >= 11 is 0. The Kier molecular flexibility index (Phi) is 22.2. The van der Waals surface area contributed by atoms with Gasteiger partial charge in [0.15, 0.2) is 8.32 Å². The van der Waals surface area contributed by atoms with Gasteiger partial charge < -0.3 is 34.7 Å². The zero-order valence-corrected chi connectivity index (χ0v) is 61.7. The molecule has 6 N–H and O–H groups in total. The van der Waals surface area contributed by atoms with Crippen LogP contribution in [0.5, 0.6) is 11.5 Å². The van der Waals surface area contributed by atoms with E-state index in [-0.39, 0.29) is 84.0 Å². The molecule has 93 heavy (non-hydrogen) atoms. The minimum Gasteiger partial charge on any atom is -0.497 e. The number of urea groups is 2. The zero-order valence-electron chi connectivity index (χ0n) is 59.0. The van der Waals surface area contributed by atoms with Gasteiger partial charge in [0.25, 0.3) is 20.0 Å². The molecule has 0 saturated heterocycles. The Bertz CT molecular complexity index is 3140. The summed E-state index contributed by atoms with van der Waals surface area (Å²) < 4.78 is 105. The van der Waals surface area contributed by atoms with Gasteiger partial charge in [-0.15, -0.1) is 0 Å². The van der Waals surface area contributed by atoms with Crippen LogP contribution in [0.2, 0.25) is 18.1 Å². The average molecular weight is 1360 g/mol. The molecule has 0 radical (unpaired) electrons. The lowest BCUT2D eigenvalue weighted by Gasteiger charge is -2.67. The van der Waals surface area contributed by atoms with Crippen LogP contribution in [0, 0.1) is 110 Å². The predicted octanol–water partition coefficient (Wildman–Crippen LogP) is 14.9. The van der Waals surface area contributed by atoms with Crippen molar-refractivity contribution in [3.05, 3.63) is 48.5 Å². The van der Waals surface area contributed by atoms with Gasteiger partial charge in [-0.2, -0.15) is 0 Å². The summed E-state index contributed by atoms with van der Waals surface area (Å²) in [5, 5.41) is 27.9. The molecule has 0 bridgehead atoms. The number of rotatable bonds is 18. The Hall–Kier alpha value is -3.56. The molecule has 24 atom stereocenters. The fourth-order valence-corrected chi connectivity index (χ4v) is 25.1. The van der Waals surface area contributed by atoms with Gasteiger partial charge in [-0.1, -0.05) is 95.9 Å². The molecule has 2 aromatic carbocycles. The molecular formula is C73H118F2N4O11S2Si. The van der Waals surface area contributed by atoms with Gasteiger partial charge in [-0.25, -0.2) is 44.6 Å². The summed E-state index contributed by atoms with van der Waals surface area (Å²) in [4.78, 5) is 25.2. The van der Waals surface area contributed by atoms with Crippen LogP contribution in [0.4, 0.5) is 18.4 Å². The van der Waals surface area contributed by atoms with E-state index in [4.69, 9.17) is 13.9 Å². The summed E-state index contributed by atoms with van der Waals surface area (Å²) in [6.45, 7) is 33.1. The van der Waals surface area contributed by atoms with Crippen molar-refractivity contribution in [2.24, 2.45) is 110 Å². The van der Waals surface area contributed by atoms with E-state index in [1.54, 1.807) is 12.1 Å². The van der Waals surface area contributed by atoms with Crippen molar-refractivity contribution in [1.82, 2.24) is 20.1 Å². The van der Waals surface area contributed by atoms with Gasteiger partial charge in [0.2, 0.25) is 0 Å². The maximum Gasteiger partial charge on any atom is 0.328 e. The lowest BCUT2D eigenvalue weighted by molar-refractivity contribution is -0.222. The molecule has 0 spiro atoms. The van der Waals surface area contributed by atoms with Crippen molar-refractivity contribution in [3.63, 3.8) is 0 Å². The van der Waals surface area contributed by atoms with Crippen molar-refractivity contribution in [2.45, 2.75) is 244 Å². The summed E-state index contributed by atoms with van der Waals surface area (Å²) in [5.74, 6) is 4.77. The van der Waals surface area contributed by atoms with Crippen LogP contribution in [0.3, 0.4) is 0 Å². The van der Waals surface area contributed by atoms with E-state index in [1.165, 1.54) is 57.0 Å². The third kappa shape index (κ3) is 13.8. The van der Waals surface area contributed by atoms with E-state index < -0.39 is 65.0 Å². The monoisotopic (exact) mass is 1360 g/mol. The van der Waals surface area contributed by atoms with Crippen molar-refractivity contribution < 1.29 is 59.3 Å². The number of hydrogen-bond acceptors (Lipinski definition) is 11. The molecule has 4 amide bonds. The van der Waals surface area contributed by atoms with Gasteiger partial charge in [-0.05, 0) is 255 Å². The topological polar surface area (TPSA) is 219 Å². The van der Waals surface area contributed by atoms with E-state index in [0.717, 1.165) is 83.5 Å². The van der Waals surface area contributed by atoms with E-state index in [0.29, 0.717) is 84.8 Å². The van der Waals surface area contributed by atoms with Gasteiger partial charge in [-0.3, -0.25) is 0 Å². The molecule has 8 unspecified atom stereocenters. The minimum absolute atomic E-state index is 0.000962. The Morgan fingerprint density at radius 2 is 1.00 bits per heavy atom. The van der Waals surface area contributed by atoms with Crippen LogP contribution >= 0.6 is 0 Å². The number of alkyl halides is 2. The smallest absolute Gasteiger partial charge is 0.328 e. The molecule has 2 aromatic rings. The number of hydrogen-bond donors (Lipinski definition) is 6. The van der Waals surface area contributed by atoms with Crippen LogP contribution < -0.4 is 29.6 Å². The van der Waals surface area contributed by atoms with Gasteiger partial charge in [0.05, 0.1) is 42.3 Å². The Balaban J connectivity index is 0.000000222. The highest BCUT2D eigenvalue weighted by Crippen LogP contribution is 2.72. The molecule has 8 aliphatic rings. The first kappa shape index (κ1) is 73.7. The fraction of sp³-hybridized carbons (Fsp3) is 0.808. The van der Waals surface area contributed by atoms with Crippen LogP contribution in [0.25, 0.3) is 0 Å². The van der Waals surface area contributed by atoms with Crippen molar-refractivity contribution in [2.75, 3.05) is 27.3 Å². The quantitative estimate of drug-likeness (QED) is 0.0771. The van der Waals surface area contributed by atoms with E-state index >= 15 is 8.78 Å². The van der Waals surface area contributed by atoms with Crippen LogP contribution in [0.1, 0.15) is 186 Å². The molecule has 8 saturated carbocycles. The second-order valence-electron chi connectivity index (χ2n) is 33.2. The third-order valence-corrected chi connectivity index (χ3v) is 35.0. The maximum atomic E-state index is 16.6. The molecule has 8 aliphatic carbocycles. The van der Waals surface area contributed by atoms with Crippen LogP contribution in [-0.2, 0) is 24.5 Å². The van der Waals surface area contributed by atoms with Gasteiger partial charge in [0, 0.05) is 24.9 Å². The predicted molar refractivity (Wildman–Crippen MR) is 364 cm³/mol. The Morgan fingerprint density at radius 3 is 1.43 bits per heavy atom. The number of carbonyl (C=O) groups excluding carboxylic acids is 2. The largest absolute Gasteiger partial charge is 0.497 e. The number of ether oxygens (including phenoxy) is 2. The Labute approximate surface area is 559 Å². The second-order valence-corrected chi connectivity index (χ2v) is 41.3. The third-order valence-electron chi connectivity index (χ3n) is 27.8. The molecule has 0 heterocycles. The number of nitrogens with one attached hydrogen (secondary N) is 4. The van der Waals surface area contributed by atoms with Crippen molar-refractivity contribution in [3.8, 4) is 11.5 Å². The molecule has 0 aliphatic heterocycles. The summed E-state index contributed by atoms with van der Waals surface area (Å²) in [7, 11) is -7.12. The lowest BCUT2D eigenvalue weighted by atomic mass is 9.40. The van der Waals surface area contributed by atoms with Crippen molar-refractivity contribution in [1.29, 1.82) is 0 Å². The SMILES string of the molecule is CC[C@@H]1[C@@H]2[C@@H](F)[C@H](C)CC[C@]2(C)C2CC[C@@]3(C)C(CCC3[C@H](C)CCNC(=O)NS(=O)(=O)c3ccc(OC)cc3)C2[C@@H]1O[Si](C)(C)C(C)(C)C.CC[C@@H]1[C@@H]2[C@@H](F)[C@H](O)CC[C@]2(C)C2CC[C@@]3(C)C(CCC3[C@H](C)CCNC(=O)NS(=O)(=O)c3ccc(OC)cc3)C2[C@@H]1O. The van der Waals surface area contributed by atoms with Crippen molar-refractivity contribution >= 4 is 40.4 Å². The number of carbonyl (C=O) groups is 2. The first-order valence-electron chi connectivity index (χ1n) is 35.7. The van der Waals surface area contributed by atoms with Crippen LogP contribution in [0.15, 0.2) is 58.3 Å². The van der Waals surface area contributed by atoms with Gasteiger partial charge in [0.1, 0.15) is 23.8 Å². The lowest BCUT2D eigenvalue weighted by Crippen LogP contribution is -2.66. The maximum absolute atomic E-state index is 16.6. The number of benzene rings is 2. The zero-order chi connectivity index (χ0) is 68.3. The fourth-order valence-electron chi connectivity index (χ4n) is 21.9. The standard InChI is InChI=1S/C40H67FN2O5SSi.C33H51FN2O6S/c1-12-29-34-35(41)26(3)19-22-40(34,8)32-20-23-39(7)30(17-18-31(39)33(32)36(29)48-50(10,11)38(4,5)6)25(2)21-24-42-37(44)43-49(45,46)28-15-13-27(47-9)14-16-28;1-6-22-28-29(34)26(37)14-17-33(28,4)25-13-16-32(3)23(11-12-24(32)27(25)30(22)38)19(2)15-18-35-31(39)36-43(40,41)21-9-7-20(42-5)8-10-21/h13-16,25-26,29-36H,12,17-24H2,1-11H3,(H2,42,43,44);7-10,19,22-30,37-38H,6,11-18H2,1-5H3,(H2,35,36,39)/t25-,26-,29-,30?,31?,32?,33?,34-,35+,36-,39-,40-;19-,22-,23?,24?,25?,26-,27?,28-,29+,30-,32-,33-/m11/s1. The van der Waals surface area contributed by atoms with Crippen LogP contribution in [-0.4, -0.2) is 105 Å². The molecule has 20 heteroatoms. The first-order chi connectivity index (χ1) is 43.5. The highest BCUT2D eigenvalue weighted by atomic mass is 32.2. The molecule has 15 nitrogen and oxygen atoms in total. The number of methoxy groups -OCH3 is 2. The number of aliphatic hydroxyl groups is 2. The van der Waals surface area contributed by atoms with E-state index in [1.807, 2.05) is 0 Å². The Morgan fingerprint density at radius 1 is 0.602 bits per heavy atom. The number of sulfonamides is 2. The number of halogens is 2. The molecular weight excluding hydrogens is 1240 g/mol. The minimum atomic E-state index is -4.00. The number of aliphatic hydroxyl groups excluding tert-OH is 2. The molecule has 8 fully saturated rings. The highest BCUT2D eigenvalue weighted by molar-refractivity contribution is 7.90. The summed E-state index contributed by atoms with van der Waals surface area (Å²) in [5.41, 5.74) is -0.0167.